The third-order valence-corrected chi connectivity index (χ3v) is 5.63. The van der Waals surface area contributed by atoms with Gasteiger partial charge in [-0.15, -0.1) is 0 Å². The van der Waals surface area contributed by atoms with Crippen molar-refractivity contribution >= 4 is 5.78 Å². The Labute approximate surface area is 174 Å². The molecule has 156 valence electrons. The van der Waals surface area contributed by atoms with Crippen LogP contribution in [0.3, 0.4) is 0 Å². The Balaban J connectivity index is 2.26. The molecule has 1 aliphatic rings. The first-order valence-electron chi connectivity index (χ1n) is 11.1. The smallest absolute Gasteiger partial charge is 0.158 e. The van der Waals surface area contributed by atoms with Gasteiger partial charge >= 0.3 is 0 Å². The first-order valence-corrected chi connectivity index (χ1v) is 11.1. The number of ketones is 1. The van der Waals surface area contributed by atoms with Crippen LogP contribution in [0.15, 0.2) is 58.2 Å². The summed E-state index contributed by atoms with van der Waals surface area (Å²) in [4.78, 5) is 11.8. The van der Waals surface area contributed by atoms with Crippen LogP contribution in [0.25, 0.3) is 0 Å². The predicted octanol–water partition coefficient (Wildman–Crippen LogP) is 8.45. The molecule has 28 heavy (non-hydrogen) atoms. The van der Waals surface area contributed by atoms with Crippen molar-refractivity contribution in [3.8, 4) is 0 Å². The molecule has 0 N–H and O–H groups in total. The van der Waals surface area contributed by atoms with Crippen molar-refractivity contribution in [1.82, 2.24) is 0 Å². The zero-order chi connectivity index (χ0) is 20.9. The van der Waals surface area contributed by atoms with E-state index in [0.717, 1.165) is 50.5 Å². The van der Waals surface area contributed by atoms with Crippen molar-refractivity contribution in [3.63, 3.8) is 0 Å². The number of Topliss-reactive ketones (excluding diaryl/α,β-unsaturated/α-hetero) is 1. The molecule has 1 rings (SSSR count). The predicted molar refractivity (Wildman–Crippen MR) is 125 cm³/mol. The lowest BCUT2D eigenvalue weighted by Gasteiger charge is -2.18. The zero-order valence-electron chi connectivity index (χ0n) is 19.2. The van der Waals surface area contributed by atoms with Gasteiger partial charge in [-0.2, -0.15) is 0 Å². The molecule has 0 spiro atoms. The van der Waals surface area contributed by atoms with E-state index in [0.29, 0.717) is 11.7 Å². The summed E-state index contributed by atoms with van der Waals surface area (Å²) in [6, 6.07) is 0. The molecule has 1 atom stereocenters. The molecule has 1 aliphatic carbocycles. The maximum Gasteiger partial charge on any atom is 0.158 e. The van der Waals surface area contributed by atoms with E-state index < -0.39 is 0 Å². The van der Waals surface area contributed by atoms with Crippen LogP contribution in [0.2, 0.25) is 0 Å². The van der Waals surface area contributed by atoms with Gasteiger partial charge in [0, 0.05) is 6.42 Å². The molecule has 0 amide bonds. The summed E-state index contributed by atoms with van der Waals surface area (Å²) in [7, 11) is 0. The molecular formula is C27H42O. The Morgan fingerprint density at radius 3 is 1.86 bits per heavy atom. The van der Waals surface area contributed by atoms with Crippen molar-refractivity contribution < 1.29 is 4.79 Å². The second-order valence-electron chi connectivity index (χ2n) is 8.90. The monoisotopic (exact) mass is 382 g/mol. The van der Waals surface area contributed by atoms with Gasteiger partial charge < -0.3 is 0 Å². The van der Waals surface area contributed by atoms with Crippen LogP contribution in [0, 0.1) is 5.92 Å². The van der Waals surface area contributed by atoms with Crippen LogP contribution in [0.4, 0.5) is 0 Å². The molecule has 0 aromatic rings. The Kier molecular flexibility index (Phi) is 11.8. The van der Waals surface area contributed by atoms with Crippen molar-refractivity contribution in [2.24, 2.45) is 5.92 Å². The van der Waals surface area contributed by atoms with Gasteiger partial charge in [0.1, 0.15) is 0 Å². The third kappa shape index (κ3) is 11.3. The molecule has 0 fully saturated rings. The number of carbonyl (C=O) groups excluding carboxylic acids is 1. The van der Waals surface area contributed by atoms with Crippen LogP contribution in [0.1, 0.15) is 99.3 Å². The first-order chi connectivity index (χ1) is 13.3. The third-order valence-electron chi connectivity index (χ3n) is 5.63. The molecule has 0 saturated heterocycles. The highest BCUT2D eigenvalue weighted by atomic mass is 16.1. The topological polar surface area (TPSA) is 17.1 Å². The van der Waals surface area contributed by atoms with E-state index in [1.54, 1.807) is 0 Å². The molecule has 0 aromatic carbocycles. The van der Waals surface area contributed by atoms with Crippen LogP contribution in [0.5, 0.6) is 0 Å². The standard InChI is InChI=1S/C27H42O/c1-21(2)10-7-11-22(3)12-8-13-23(4)14-9-15-24(5)16-18-26-19-17-25(6)27(28)20-26/h10,12,14,16-17,26H,7-9,11,13,15,18-20H2,1-6H3/b22-12+,23-14+,24-16+/t26-/m0/s1. The average molecular weight is 383 g/mol. The molecule has 1 nitrogen and oxygen atoms in total. The summed E-state index contributed by atoms with van der Waals surface area (Å²) >= 11 is 0. The fourth-order valence-electron chi connectivity index (χ4n) is 3.50. The van der Waals surface area contributed by atoms with E-state index in [4.69, 9.17) is 0 Å². The molecule has 0 heterocycles. The van der Waals surface area contributed by atoms with Gasteiger partial charge in [-0.25, -0.2) is 0 Å². The molecule has 0 aliphatic heterocycles. The molecule has 0 bridgehead atoms. The van der Waals surface area contributed by atoms with Crippen LogP contribution in [-0.4, -0.2) is 5.78 Å². The maximum absolute atomic E-state index is 11.8. The van der Waals surface area contributed by atoms with Crippen molar-refractivity contribution in [3.05, 3.63) is 58.2 Å². The summed E-state index contributed by atoms with van der Waals surface area (Å²) in [6.45, 7) is 13.0. The lowest BCUT2D eigenvalue weighted by Crippen LogP contribution is -2.13. The first kappa shape index (κ1) is 24.4. The van der Waals surface area contributed by atoms with Crippen molar-refractivity contribution in [1.29, 1.82) is 0 Å². The summed E-state index contributed by atoms with van der Waals surface area (Å²) < 4.78 is 0. The summed E-state index contributed by atoms with van der Waals surface area (Å²) in [6.07, 6.45) is 21.3. The molecular weight excluding hydrogens is 340 g/mol. The summed E-state index contributed by atoms with van der Waals surface area (Å²) in [5.74, 6) is 0.845. The minimum atomic E-state index is 0.335. The Morgan fingerprint density at radius 1 is 0.857 bits per heavy atom. The minimum absolute atomic E-state index is 0.335. The summed E-state index contributed by atoms with van der Waals surface area (Å²) in [5.41, 5.74) is 6.83. The maximum atomic E-state index is 11.8. The molecule has 1 heteroatoms. The van der Waals surface area contributed by atoms with E-state index in [1.165, 1.54) is 35.1 Å². The van der Waals surface area contributed by atoms with Crippen LogP contribution < -0.4 is 0 Å². The summed E-state index contributed by atoms with van der Waals surface area (Å²) in [5, 5.41) is 0. The lowest BCUT2D eigenvalue weighted by atomic mass is 9.86. The quantitative estimate of drug-likeness (QED) is 0.328. The molecule has 0 radical (unpaired) electrons. The van der Waals surface area contributed by atoms with Gasteiger partial charge in [-0.1, -0.05) is 52.7 Å². The minimum Gasteiger partial charge on any atom is -0.295 e. The normalized spacial score (nSPS) is 18.9. The van der Waals surface area contributed by atoms with Crippen molar-refractivity contribution in [2.45, 2.75) is 99.3 Å². The number of hydrogen-bond donors (Lipinski definition) is 0. The zero-order valence-corrected chi connectivity index (χ0v) is 19.2. The van der Waals surface area contributed by atoms with E-state index in [-0.39, 0.29) is 0 Å². The van der Waals surface area contributed by atoms with Gasteiger partial charge in [-0.05, 0) is 104 Å². The highest BCUT2D eigenvalue weighted by Crippen LogP contribution is 2.24. The van der Waals surface area contributed by atoms with E-state index >= 15 is 0 Å². The number of rotatable bonds is 11. The van der Waals surface area contributed by atoms with Gasteiger partial charge in [-0.3, -0.25) is 4.79 Å². The molecule has 0 aromatic heterocycles. The Morgan fingerprint density at radius 2 is 1.36 bits per heavy atom. The van der Waals surface area contributed by atoms with E-state index in [2.05, 4.69) is 65.0 Å². The number of allylic oxidation sites excluding steroid dienone is 10. The fourth-order valence-corrected chi connectivity index (χ4v) is 3.50. The van der Waals surface area contributed by atoms with E-state index in [1.807, 2.05) is 6.92 Å². The molecule has 0 saturated carbocycles. The van der Waals surface area contributed by atoms with Gasteiger partial charge in [0.15, 0.2) is 5.78 Å². The largest absolute Gasteiger partial charge is 0.295 e. The van der Waals surface area contributed by atoms with Crippen molar-refractivity contribution in [2.75, 3.05) is 0 Å². The number of carbonyl (C=O) groups is 1. The Bertz CT molecular complexity index is 648. The fraction of sp³-hybridized carbons (Fsp3) is 0.593. The highest BCUT2D eigenvalue weighted by Gasteiger charge is 2.18. The second kappa shape index (κ2) is 13.5. The molecule has 0 unspecified atom stereocenters. The number of hydrogen-bond acceptors (Lipinski definition) is 1. The SMILES string of the molecule is CC(C)=CCC/C(C)=C/CC/C(C)=C/CC/C(C)=C/C[C@H]1CC=C(C)C(=O)C1. The van der Waals surface area contributed by atoms with E-state index in [9.17, 15) is 4.79 Å². The van der Waals surface area contributed by atoms with Gasteiger partial charge in [0.25, 0.3) is 0 Å². The van der Waals surface area contributed by atoms with Gasteiger partial charge in [0.05, 0.1) is 0 Å². The second-order valence-corrected chi connectivity index (χ2v) is 8.90. The van der Waals surface area contributed by atoms with Crippen LogP contribution in [-0.2, 0) is 4.79 Å². The Hall–Kier alpha value is -1.63. The van der Waals surface area contributed by atoms with Gasteiger partial charge in [0.2, 0.25) is 0 Å². The average Bonchev–Trinajstić information content (AvgIpc) is 2.62. The lowest BCUT2D eigenvalue weighted by molar-refractivity contribution is -0.116. The van der Waals surface area contributed by atoms with Crippen LogP contribution >= 0.6 is 0 Å². The highest BCUT2D eigenvalue weighted by molar-refractivity contribution is 5.95.